The molecule has 0 aliphatic carbocycles. The Morgan fingerprint density at radius 3 is 2.83 bits per heavy atom. The van der Waals surface area contributed by atoms with E-state index in [1.54, 1.807) is 16.2 Å². The van der Waals surface area contributed by atoms with Crippen molar-refractivity contribution in [3.63, 3.8) is 0 Å². The molecule has 2 amide bonds. The average molecular weight is 328 g/mol. The molecule has 1 aliphatic rings. The number of hydrogen-bond acceptors (Lipinski definition) is 3. The Hall–Kier alpha value is -2.14. The maximum atomic E-state index is 12.3. The Morgan fingerprint density at radius 2 is 2.13 bits per heavy atom. The molecule has 1 atom stereocenters. The van der Waals surface area contributed by atoms with Crippen molar-refractivity contribution in [1.29, 1.82) is 0 Å². The van der Waals surface area contributed by atoms with Crippen LogP contribution in [0.2, 0.25) is 0 Å². The van der Waals surface area contributed by atoms with Crippen LogP contribution >= 0.6 is 11.3 Å². The molecule has 0 saturated carbocycles. The van der Waals surface area contributed by atoms with E-state index < -0.39 is 0 Å². The number of hydrogen-bond donors (Lipinski definition) is 1. The minimum atomic E-state index is -0.274. The number of aryl methyl sites for hydroxylation is 2. The van der Waals surface area contributed by atoms with E-state index in [1.807, 2.05) is 49.6 Å². The zero-order valence-corrected chi connectivity index (χ0v) is 14.2. The highest BCUT2D eigenvalue weighted by molar-refractivity contribution is 7.09. The third-order valence-corrected chi connectivity index (χ3v) is 5.19. The van der Waals surface area contributed by atoms with Crippen molar-refractivity contribution >= 4 is 28.8 Å². The van der Waals surface area contributed by atoms with E-state index in [1.165, 1.54) is 5.56 Å². The van der Waals surface area contributed by atoms with Gasteiger partial charge in [-0.15, -0.1) is 11.3 Å². The number of nitrogens with one attached hydrogen (secondary N) is 1. The first kappa shape index (κ1) is 15.7. The fraction of sp³-hybridized carbons (Fsp3) is 0.333. The Balaban J connectivity index is 1.64. The van der Waals surface area contributed by atoms with Crippen LogP contribution in [0.4, 0.5) is 5.69 Å². The van der Waals surface area contributed by atoms with Crippen LogP contribution in [0.1, 0.15) is 22.4 Å². The molecule has 0 radical (unpaired) electrons. The van der Waals surface area contributed by atoms with Crippen molar-refractivity contribution in [1.82, 2.24) is 5.32 Å². The summed E-state index contributed by atoms with van der Waals surface area (Å²) in [7, 11) is 0. The summed E-state index contributed by atoms with van der Waals surface area (Å²) in [6.07, 6.45) is 0.281. The molecule has 4 nitrogen and oxygen atoms in total. The highest BCUT2D eigenvalue weighted by Gasteiger charge is 2.35. The van der Waals surface area contributed by atoms with Gasteiger partial charge in [-0.2, -0.15) is 0 Å². The van der Waals surface area contributed by atoms with Gasteiger partial charge in [-0.25, -0.2) is 0 Å². The summed E-state index contributed by atoms with van der Waals surface area (Å²) in [5.41, 5.74) is 3.23. The lowest BCUT2D eigenvalue weighted by Crippen LogP contribution is -2.32. The first-order valence-corrected chi connectivity index (χ1v) is 8.60. The van der Waals surface area contributed by atoms with Gasteiger partial charge in [0.15, 0.2) is 0 Å². The van der Waals surface area contributed by atoms with Gasteiger partial charge in [0.2, 0.25) is 11.8 Å². The summed E-state index contributed by atoms with van der Waals surface area (Å²) in [6.45, 7) is 5.07. The van der Waals surface area contributed by atoms with Crippen molar-refractivity contribution in [2.75, 3.05) is 11.4 Å². The minimum Gasteiger partial charge on any atom is -0.351 e. The Kier molecular flexibility index (Phi) is 4.48. The summed E-state index contributed by atoms with van der Waals surface area (Å²) >= 11 is 1.62. The van der Waals surface area contributed by atoms with Gasteiger partial charge in [-0.05, 0) is 48.6 Å². The zero-order chi connectivity index (χ0) is 16.4. The van der Waals surface area contributed by atoms with Crippen LogP contribution in [0.25, 0.3) is 0 Å². The lowest BCUT2D eigenvalue weighted by atomic mass is 10.1. The number of carbonyl (C=O) groups excluding carboxylic acids is 2. The molecule has 0 spiro atoms. The van der Waals surface area contributed by atoms with Crippen molar-refractivity contribution in [2.24, 2.45) is 5.92 Å². The number of rotatable bonds is 4. The van der Waals surface area contributed by atoms with Gasteiger partial charge < -0.3 is 10.2 Å². The second-order valence-corrected chi connectivity index (χ2v) is 7.00. The van der Waals surface area contributed by atoms with E-state index in [0.29, 0.717) is 13.1 Å². The number of nitrogens with zero attached hydrogens (tertiary/aromatic N) is 1. The predicted molar refractivity (Wildman–Crippen MR) is 92.5 cm³/mol. The third-order valence-electron chi connectivity index (χ3n) is 4.31. The summed E-state index contributed by atoms with van der Waals surface area (Å²) in [4.78, 5) is 27.4. The van der Waals surface area contributed by atoms with E-state index >= 15 is 0 Å². The van der Waals surface area contributed by atoms with E-state index in [2.05, 4.69) is 5.32 Å². The Labute approximate surface area is 140 Å². The van der Waals surface area contributed by atoms with Crippen molar-refractivity contribution in [3.8, 4) is 0 Å². The largest absolute Gasteiger partial charge is 0.351 e. The predicted octanol–water partition coefficient (Wildman–Crippen LogP) is 3.03. The monoisotopic (exact) mass is 328 g/mol. The summed E-state index contributed by atoms with van der Waals surface area (Å²) in [5.74, 6) is -0.299. The van der Waals surface area contributed by atoms with E-state index in [-0.39, 0.29) is 24.2 Å². The molecule has 0 unspecified atom stereocenters. The van der Waals surface area contributed by atoms with Gasteiger partial charge in [0.25, 0.3) is 0 Å². The van der Waals surface area contributed by atoms with Gasteiger partial charge in [0.05, 0.1) is 12.5 Å². The Morgan fingerprint density at radius 1 is 1.30 bits per heavy atom. The van der Waals surface area contributed by atoms with Gasteiger partial charge in [0, 0.05) is 23.5 Å². The fourth-order valence-electron chi connectivity index (χ4n) is 2.76. The summed E-state index contributed by atoms with van der Waals surface area (Å²) in [5, 5.41) is 4.92. The highest BCUT2D eigenvalue weighted by Crippen LogP contribution is 2.27. The van der Waals surface area contributed by atoms with Crippen molar-refractivity contribution in [2.45, 2.75) is 26.8 Å². The number of amides is 2. The van der Waals surface area contributed by atoms with Gasteiger partial charge in [-0.1, -0.05) is 12.1 Å². The van der Waals surface area contributed by atoms with Crippen LogP contribution in [-0.4, -0.2) is 18.4 Å². The van der Waals surface area contributed by atoms with Crippen LogP contribution in [0.5, 0.6) is 0 Å². The topological polar surface area (TPSA) is 49.4 Å². The molecule has 1 aliphatic heterocycles. The lowest BCUT2D eigenvalue weighted by molar-refractivity contribution is -0.126. The molecule has 5 heteroatoms. The van der Waals surface area contributed by atoms with Gasteiger partial charge in [-0.3, -0.25) is 9.59 Å². The second kappa shape index (κ2) is 6.54. The third kappa shape index (κ3) is 3.45. The van der Waals surface area contributed by atoms with Crippen LogP contribution in [0, 0.1) is 19.8 Å². The fourth-order valence-corrected chi connectivity index (χ4v) is 3.40. The van der Waals surface area contributed by atoms with E-state index in [4.69, 9.17) is 0 Å². The van der Waals surface area contributed by atoms with E-state index in [0.717, 1.165) is 16.1 Å². The molecule has 1 N–H and O–H groups in total. The smallest absolute Gasteiger partial charge is 0.227 e. The van der Waals surface area contributed by atoms with E-state index in [9.17, 15) is 9.59 Å². The molecule has 2 aromatic rings. The molecule has 2 heterocycles. The molecule has 0 bridgehead atoms. The molecule has 1 aromatic carbocycles. The Bertz CT molecular complexity index is 725. The normalized spacial score (nSPS) is 17.6. The van der Waals surface area contributed by atoms with Crippen LogP contribution in [0.15, 0.2) is 35.7 Å². The number of benzene rings is 1. The van der Waals surface area contributed by atoms with Gasteiger partial charge in [0.1, 0.15) is 0 Å². The van der Waals surface area contributed by atoms with Crippen LogP contribution in [0.3, 0.4) is 0 Å². The number of thiophene rings is 1. The molecule has 120 valence electrons. The van der Waals surface area contributed by atoms with Crippen LogP contribution < -0.4 is 10.2 Å². The second-order valence-electron chi connectivity index (χ2n) is 5.97. The van der Waals surface area contributed by atoms with Crippen molar-refractivity contribution < 1.29 is 9.59 Å². The first-order chi connectivity index (χ1) is 11.0. The number of carbonyl (C=O) groups is 2. The number of anilines is 1. The SMILES string of the molecule is Cc1ccc(N2C[C@@H](C(=O)NCc3cccs3)CC2=O)cc1C. The molecule has 1 aromatic heterocycles. The van der Waals surface area contributed by atoms with Crippen LogP contribution in [-0.2, 0) is 16.1 Å². The molecule has 1 fully saturated rings. The molecule has 3 rings (SSSR count). The summed E-state index contributed by atoms with van der Waals surface area (Å²) < 4.78 is 0. The quantitative estimate of drug-likeness (QED) is 0.938. The molecular weight excluding hydrogens is 308 g/mol. The average Bonchev–Trinajstić information content (AvgIpc) is 3.17. The molecular formula is C18H20N2O2S. The maximum Gasteiger partial charge on any atom is 0.227 e. The summed E-state index contributed by atoms with van der Waals surface area (Å²) in [6, 6.07) is 9.94. The maximum absolute atomic E-state index is 12.3. The van der Waals surface area contributed by atoms with Gasteiger partial charge >= 0.3 is 0 Å². The first-order valence-electron chi connectivity index (χ1n) is 7.72. The lowest BCUT2D eigenvalue weighted by Gasteiger charge is -2.18. The standard InChI is InChI=1S/C18H20N2O2S/c1-12-5-6-15(8-13(12)2)20-11-14(9-17(20)21)18(22)19-10-16-4-3-7-23-16/h3-8,14H,9-11H2,1-2H3,(H,19,22)/t14-/m0/s1. The zero-order valence-electron chi connectivity index (χ0n) is 13.3. The van der Waals surface area contributed by atoms with Crippen molar-refractivity contribution in [3.05, 3.63) is 51.7 Å². The molecule has 1 saturated heterocycles. The minimum absolute atomic E-state index is 0.0181. The highest BCUT2D eigenvalue weighted by atomic mass is 32.1. The molecule has 23 heavy (non-hydrogen) atoms.